The Morgan fingerprint density at radius 1 is 0.895 bits per heavy atom. The van der Waals surface area contributed by atoms with Crippen molar-refractivity contribution >= 4 is 33.2 Å². The van der Waals surface area contributed by atoms with Crippen LogP contribution >= 0.6 is 11.6 Å². The summed E-state index contributed by atoms with van der Waals surface area (Å²) >= 11 is 6.21. The summed E-state index contributed by atoms with van der Waals surface area (Å²) < 4.78 is 39.3. The van der Waals surface area contributed by atoms with Gasteiger partial charge in [-0.1, -0.05) is 60.1 Å². The smallest absolute Gasteiger partial charge is 0.243 e. The average molecular weight is 551 g/mol. The number of rotatable bonds is 10. The minimum Gasteiger partial charge on any atom is -0.497 e. The van der Waals surface area contributed by atoms with E-state index in [0.717, 1.165) is 0 Å². The number of nitrogens with zero attached hydrogens (tertiary/aromatic N) is 1. The van der Waals surface area contributed by atoms with Crippen LogP contribution in [-0.2, 0) is 14.8 Å². The quantitative estimate of drug-likeness (QED) is 0.242. The van der Waals surface area contributed by atoms with E-state index in [-0.39, 0.29) is 11.3 Å². The molecule has 7 nitrogen and oxygen atoms in total. The van der Waals surface area contributed by atoms with E-state index in [1.54, 1.807) is 79.9 Å². The Morgan fingerprint density at radius 2 is 1.53 bits per heavy atom. The lowest BCUT2D eigenvalue weighted by Gasteiger charge is -2.28. The third kappa shape index (κ3) is 6.52. The van der Waals surface area contributed by atoms with E-state index in [1.165, 1.54) is 23.5 Å². The number of sulfonamides is 1. The van der Waals surface area contributed by atoms with Crippen molar-refractivity contribution in [1.29, 1.82) is 0 Å². The van der Waals surface area contributed by atoms with E-state index < -0.39 is 22.0 Å². The number of nitrogens with one attached hydrogen (secondary N) is 1. The first kappa shape index (κ1) is 27.2. The van der Waals surface area contributed by atoms with Crippen LogP contribution in [0.15, 0.2) is 108 Å². The van der Waals surface area contributed by atoms with Crippen molar-refractivity contribution < 1.29 is 22.7 Å². The molecule has 4 rings (SSSR count). The summed E-state index contributed by atoms with van der Waals surface area (Å²) in [6.07, 6.45) is -0.161. The number of hydrogen-bond acceptors (Lipinski definition) is 5. The Kier molecular flexibility index (Phi) is 8.68. The van der Waals surface area contributed by atoms with E-state index >= 15 is 0 Å². The number of benzene rings is 4. The Bertz CT molecular complexity index is 1480. The van der Waals surface area contributed by atoms with Crippen molar-refractivity contribution in [2.24, 2.45) is 0 Å². The molecule has 0 aromatic heterocycles. The van der Waals surface area contributed by atoms with Crippen molar-refractivity contribution in [2.75, 3.05) is 19.5 Å². The molecule has 0 saturated carbocycles. The number of carbonyl (C=O) groups is 1. The normalized spacial score (nSPS) is 12.1. The van der Waals surface area contributed by atoms with Gasteiger partial charge in [-0.2, -0.15) is 4.31 Å². The highest BCUT2D eigenvalue weighted by molar-refractivity contribution is 7.89. The van der Waals surface area contributed by atoms with Crippen LogP contribution in [0, 0.1) is 0 Å². The average Bonchev–Trinajstić information content (AvgIpc) is 2.94. The number of ether oxygens (including phenoxy) is 2. The third-order valence-corrected chi connectivity index (χ3v) is 8.04. The zero-order chi connectivity index (χ0) is 27.1. The Hall–Kier alpha value is -3.85. The molecule has 0 bridgehead atoms. The van der Waals surface area contributed by atoms with Gasteiger partial charge >= 0.3 is 0 Å². The molecule has 0 heterocycles. The lowest BCUT2D eigenvalue weighted by Crippen LogP contribution is -2.33. The molecule has 0 aliphatic carbocycles. The Labute approximate surface area is 227 Å². The van der Waals surface area contributed by atoms with Crippen LogP contribution in [0.1, 0.15) is 18.0 Å². The molecule has 0 radical (unpaired) electrons. The second kappa shape index (κ2) is 12.1. The summed E-state index contributed by atoms with van der Waals surface area (Å²) in [7, 11) is -0.886. The van der Waals surface area contributed by atoms with Crippen molar-refractivity contribution in [1.82, 2.24) is 4.31 Å². The lowest BCUT2D eigenvalue weighted by atomic mass is 10.0. The molecule has 1 N–H and O–H groups in total. The lowest BCUT2D eigenvalue weighted by molar-refractivity contribution is -0.117. The van der Waals surface area contributed by atoms with Crippen molar-refractivity contribution in [3.05, 3.63) is 114 Å². The fourth-order valence-electron chi connectivity index (χ4n) is 3.89. The topological polar surface area (TPSA) is 84.9 Å². The SMILES string of the molecule is COc1ccc([C@H](CC(=O)Nc2cc(Cl)ccc2Oc2ccccc2)N(C)S(=O)(=O)c2ccccc2)cc1. The molecular formula is C29H27ClN2O5S. The van der Waals surface area contributed by atoms with Crippen LogP contribution in [0.25, 0.3) is 0 Å². The first-order chi connectivity index (χ1) is 18.3. The van der Waals surface area contributed by atoms with Gasteiger partial charge in [0, 0.05) is 18.5 Å². The van der Waals surface area contributed by atoms with Crippen LogP contribution < -0.4 is 14.8 Å². The van der Waals surface area contributed by atoms with Gasteiger partial charge in [-0.05, 0) is 60.2 Å². The molecule has 9 heteroatoms. The molecule has 0 fully saturated rings. The van der Waals surface area contributed by atoms with Gasteiger partial charge < -0.3 is 14.8 Å². The van der Waals surface area contributed by atoms with Crippen molar-refractivity contribution in [3.63, 3.8) is 0 Å². The predicted molar refractivity (Wildman–Crippen MR) is 148 cm³/mol. The first-order valence-electron chi connectivity index (χ1n) is 11.8. The van der Waals surface area contributed by atoms with Crippen LogP contribution in [0.5, 0.6) is 17.2 Å². The zero-order valence-corrected chi connectivity index (χ0v) is 22.4. The van der Waals surface area contributed by atoms with E-state index in [4.69, 9.17) is 21.1 Å². The van der Waals surface area contributed by atoms with Crippen LogP contribution in [0.4, 0.5) is 5.69 Å². The number of amides is 1. The summed E-state index contributed by atoms with van der Waals surface area (Å²) in [5, 5.41) is 3.26. The van der Waals surface area contributed by atoms with Crippen molar-refractivity contribution in [3.8, 4) is 17.2 Å². The molecular weight excluding hydrogens is 524 g/mol. The minimum absolute atomic E-state index is 0.134. The standard InChI is InChI=1S/C29H27ClN2O5S/c1-32(38(34,35)25-11-7-4-8-12-25)27(21-13-16-23(36-2)17-14-21)20-29(33)31-26-19-22(30)15-18-28(26)37-24-9-5-3-6-10-24/h3-19,27H,20H2,1-2H3,(H,31,33)/t27-/m0/s1. The number of hydrogen-bond donors (Lipinski definition) is 1. The third-order valence-electron chi connectivity index (χ3n) is 5.93. The van der Waals surface area contributed by atoms with E-state index in [1.807, 2.05) is 18.2 Å². The summed E-state index contributed by atoms with van der Waals surface area (Å²) in [6.45, 7) is 0. The molecule has 1 atom stereocenters. The minimum atomic E-state index is -3.90. The number of para-hydroxylation sites is 1. The van der Waals surface area contributed by atoms with E-state index in [9.17, 15) is 13.2 Å². The van der Waals surface area contributed by atoms with Crippen molar-refractivity contribution in [2.45, 2.75) is 17.4 Å². The number of carbonyl (C=O) groups excluding carboxylic acids is 1. The van der Waals surface area contributed by atoms with Gasteiger partial charge in [0.2, 0.25) is 15.9 Å². The van der Waals surface area contributed by atoms with Gasteiger partial charge in [-0.3, -0.25) is 4.79 Å². The van der Waals surface area contributed by atoms with Crippen LogP contribution in [0.2, 0.25) is 5.02 Å². The van der Waals surface area contributed by atoms with Crippen LogP contribution in [-0.4, -0.2) is 32.8 Å². The second-order valence-corrected chi connectivity index (χ2v) is 10.9. The fourth-order valence-corrected chi connectivity index (χ4v) is 5.43. The molecule has 38 heavy (non-hydrogen) atoms. The molecule has 4 aromatic carbocycles. The number of halogens is 1. The fraction of sp³-hybridized carbons (Fsp3) is 0.138. The molecule has 0 saturated heterocycles. The highest BCUT2D eigenvalue weighted by Crippen LogP contribution is 2.34. The van der Waals surface area contributed by atoms with Gasteiger partial charge in [0.25, 0.3) is 0 Å². The predicted octanol–water partition coefficient (Wildman–Crippen LogP) is 6.53. The monoisotopic (exact) mass is 550 g/mol. The first-order valence-corrected chi connectivity index (χ1v) is 13.6. The molecule has 4 aromatic rings. The number of methoxy groups -OCH3 is 1. The van der Waals surface area contributed by atoms with E-state index in [0.29, 0.717) is 33.5 Å². The number of anilines is 1. The Balaban J connectivity index is 1.62. The second-order valence-electron chi connectivity index (χ2n) is 8.43. The van der Waals surface area contributed by atoms with Gasteiger partial charge in [0.05, 0.1) is 23.7 Å². The molecule has 0 aliphatic rings. The van der Waals surface area contributed by atoms with Gasteiger partial charge in [-0.15, -0.1) is 0 Å². The maximum atomic E-state index is 13.4. The van der Waals surface area contributed by atoms with Gasteiger partial charge in [0.1, 0.15) is 11.5 Å². The van der Waals surface area contributed by atoms with Gasteiger partial charge in [-0.25, -0.2) is 8.42 Å². The maximum Gasteiger partial charge on any atom is 0.243 e. The highest BCUT2D eigenvalue weighted by Gasteiger charge is 2.31. The summed E-state index contributed by atoms with van der Waals surface area (Å²) in [5.74, 6) is 1.20. The molecule has 0 aliphatic heterocycles. The Morgan fingerprint density at radius 3 is 2.16 bits per heavy atom. The highest BCUT2D eigenvalue weighted by atomic mass is 35.5. The molecule has 1 amide bonds. The molecule has 196 valence electrons. The largest absolute Gasteiger partial charge is 0.497 e. The maximum absolute atomic E-state index is 13.4. The summed E-state index contributed by atoms with van der Waals surface area (Å²) in [6, 6.07) is 28.3. The summed E-state index contributed by atoms with van der Waals surface area (Å²) in [4.78, 5) is 13.5. The van der Waals surface area contributed by atoms with Gasteiger partial charge in [0.15, 0.2) is 5.75 Å². The molecule has 0 spiro atoms. The van der Waals surface area contributed by atoms with E-state index in [2.05, 4.69) is 5.32 Å². The summed E-state index contributed by atoms with van der Waals surface area (Å²) in [5.41, 5.74) is 1.00. The zero-order valence-electron chi connectivity index (χ0n) is 20.9. The van der Waals surface area contributed by atoms with Crippen LogP contribution in [0.3, 0.4) is 0 Å². The molecule has 0 unspecified atom stereocenters.